The molecule has 2 N–H and O–H groups in total. The minimum absolute atomic E-state index is 0.144. The third kappa shape index (κ3) is 2.72. The fraction of sp³-hybridized carbons (Fsp3) is 0.267. The Hall–Kier alpha value is -2.25. The van der Waals surface area contributed by atoms with Crippen LogP contribution in [0.5, 0.6) is 0 Å². The first-order chi connectivity index (χ1) is 10.5. The van der Waals surface area contributed by atoms with Gasteiger partial charge in [-0.15, -0.1) is 16.4 Å². The van der Waals surface area contributed by atoms with Crippen molar-refractivity contribution < 1.29 is 9.90 Å². The summed E-state index contributed by atoms with van der Waals surface area (Å²) in [5, 5.41) is 23.0. The van der Waals surface area contributed by atoms with Crippen LogP contribution in [0.25, 0.3) is 11.0 Å². The van der Waals surface area contributed by atoms with Crippen LogP contribution in [-0.4, -0.2) is 32.6 Å². The molecule has 0 aliphatic heterocycles. The number of nitrogens with one attached hydrogen (secondary N) is 1. The molecule has 1 aromatic carbocycles. The predicted octanol–water partition coefficient (Wildman–Crippen LogP) is 1.67. The first-order valence-corrected chi connectivity index (χ1v) is 7.69. The Morgan fingerprint density at radius 3 is 3.00 bits per heavy atom. The van der Waals surface area contributed by atoms with Gasteiger partial charge in [0.2, 0.25) is 0 Å². The second-order valence-electron chi connectivity index (χ2n) is 5.35. The summed E-state index contributed by atoms with van der Waals surface area (Å²) < 4.78 is 1.65. The molecule has 0 aliphatic carbocycles. The predicted molar refractivity (Wildman–Crippen MR) is 84.7 cm³/mol. The Morgan fingerprint density at radius 2 is 2.27 bits per heavy atom. The van der Waals surface area contributed by atoms with Crippen LogP contribution in [0.3, 0.4) is 0 Å². The summed E-state index contributed by atoms with van der Waals surface area (Å²) in [4.78, 5) is 13.1. The van der Waals surface area contributed by atoms with Crippen molar-refractivity contribution in [2.24, 2.45) is 7.05 Å². The summed E-state index contributed by atoms with van der Waals surface area (Å²) in [6.07, 6.45) is 0. The van der Waals surface area contributed by atoms with E-state index in [1.807, 2.05) is 23.6 Å². The Balaban J connectivity index is 1.73. The fourth-order valence-corrected chi connectivity index (χ4v) is 3.00. The molecule has 1 unspecified atom stereocenters. The summed E-state index contributed by atoms with van der Waals surface area (Å²) in [7, 11) is 1.80. The van der Waals surface area contributed by atoms with Gasteiger partial charge in [-0.3, -0.25) is 4.79 Å². The van der Waals surface area contributed by atoms with Gasteiger partial charge in [-0.25, -0.2) is 4.68 Å². The number of benzene rings is 1. The van der Waals surface area contributed by atoms with E-state index in [2.05, 4.69) is 15.6 Å². The van der Waals surface area contributed by atoms with Gasteiger partial charge in [0.15, 0.2) is 0 Å². The number of fused-ring (bicyclic) bond motifs is 1. The molecule has 0 fully saturated rings. The van der Waals surface area contributed by atoms with Crippen molar-refractivity contribution in [3.63, 3.8) is 0 Å². The van der Waals surface area contributed by atoms with Gasteiger partial charge < -0.3 is 10.4 Å². The van der Waals surface area contributed by atoms with Crippen molar-refractivity contribution in [3.8, 4) is 0 Å². The van der Waals surface area contributed by atoms with Crippen molar-refractivity contribution in [1.82, 2.24) is 20.3 Å². The maximum atomic E-state index is 12.2. The van der Waals surface area contributed by atoms with Crippen molar-refractivity contribution in [2.45, 2.75) is 12.5 Å². The zero-order valence-corrected chi connectivity index (χ0v) is 13.1. The van der Waals surface area contributed by atoms with E-state index in [9.17, 15) is 9.90 Å². The lowest BCUT2D eigenvalue weighted by atomic mass is 10.0. The molecule has 1 amide bonds. The lowest BCUT2D eigenvalue weighted by molar-refractivity contribution is 0.0557. The van der Waals surface area contributed by atoms with Crippen LogP contribution in [0.4, 0.5) is 0 Å². The number of aryl methyl sites for hydroxylation is 1. The average Bonchev–Trinajstić information content (AvgIpc) is 3.15. The second-order valence-corrected chi connectivity index (χ2v) is 6.30. The molecule has 0 saturated carbocycles. The molecule has 2 aromatic heterocycles. The summed E-state index contributed by atoms with van der Waals surface area (Å²) >= 11 is 1.46. The molecule has 1 atom stereocenters. The highest BCUT2D eigenvalue weighted by Crippen LogP contribution is 2.24. The number of aromatic nitrogens is 3. The quantitative estimate of drug-likeness (QED) is 0.767. The van der Waals surface area contributed by atoms with Crippen molar-refractivity contribution in [2.75, 3.05) is 6.54 Å². The molecule has 6 nitrogen and oxygen atoms in total. The number of hydrogen-bond donors (Lipinski definition) is 2. The van der Waals surface area contributed by atoms with Gasteiger partial charge >= 0.3 is 0 Å². The highest BCUT2D eigenvalue weighted by molar-refractivity contribution is 7.10. The van der Waals surface area contributed by atoms with E-state index in [1.54, 1.807) is 30.8 Å². The maximum absolute atomic E-state index is 12.2. The number of amides is 1. The lowest BCUT2D eigenvalue weighted by Crippen LogP contribution is -2.38. The van der Waals surface area contributed by atoms with E-state index < -0.39 is 5.60 Å². The fourth-order valence-electron chi connectivity index (χ4n) is 2.21. The van der Waals surface area contributed by atoms with E-state index in [-0.39, 0.29) is 12.5 Å². The number of hydrogen-bond acceptors (Lipinski definition) is 5. The number of aliphatic hydroxyl groups is 1. The smallest absolute Gasteiger partial charge is 0.251 e. The zero-order valence-electron chi connectivity index (χ0n) is 12.3. The maximum Gasteiger partial charge on any atom is 0.251 e. The minimum atomic E-state index is -1.08. The van der Waals surface area contributed by atoms with Crippen LogP contribution < -0.4 is 5.32 Å². The highest BCUT2D eigenvalue weighted by atomic mass is 32.1. The molecule has 3 aromatic rings. The second kappa shape index (κ2) is 5.51. The molecule has 0 bridgehead atoms. The van der Waals surface area contributed by atoms with E-state index in [0.717, 1.165) is 10.4 Å². The molecule has 0 radical (unpaired) electrons. The van der Waals surface area contributed by atoms with Crippen molar-refractivity contribution in [3.05, 3.63) is 46.2 Å². The monoisotopic (exact) mass is 316 g/mol. The Kier molecular flexibility index (Phi) is 3.67. The number of carbonyl (C=O) groups excluding carboxylic acids is 1. The van der Waals surface area contributed by atoms with Gasteiger partial charge in [-0.05, 0) is 36.6 Å². The summed E-state index contributed by atoms with van der Waals surface area (Å²) in [5.74, 6) is -0.246. The van der Waals surface area contributed by atoms with E-state index >= 15 is 0 Å². The van der Waals surface area contributed by atoms with Gasteiger partial charge in [-0.1, -0.05) is 11.3 Å². The van der Waals surface area contributed by atoms with E-state index in [4.69, 9.17) is 0 Å². The van der Waals surface area contributed by atoms with Gasteiger partial charge in [0.25, 0.3) is 5.91 Å². The number of carbonyl (C=O) groups is 1. The lowest BCUT2D eigenvalue weighted by Gasteiger charge is -2.22. The van der Waals surface area contributed by atoms with Gasteiger partial charge in [0, 0.05) is 17.5 Å². The Labute approximate surface area is 131 Å². The first-order valence-electron chi connectivity index (χ1n) is 6.81. The first kappa shape index (κ1) is 14.7. The normalized spacial score (nSPS) is 14.0. The molecular formula is C15H16N4O2S. The number of thiophene rings is 1. The van der Waals surface area contributed by atoms with Crippen LogP contribution in [-0.2, 0) is 12.6 Å². The topological polar surface area (TPSA) is 80.0 Å². The highest BCUT2D eigenvalue weighted by Gasteiger charge is 2.25. The molecular weight excluding hydrogens is 300 g/mol. The molecule has 3 rings (SSSR count). The number of nitrogens with zero attached hydrogens (tertiary/aromatic N) is 3. The average molecular weight is 316 g/mol. The summed E-state index contributed by atoms with van der Waals surface area (Å²) in [6.45, 7) is 1.83. The van der Waals surface area contributed by atoms with Gasteiger partial charge in [-0.2, -0.15) is 0 Å². The van der Waals surface area contributed by atoms with Crippen LogP contribution in [0.2, 0.25) is 0 Å². The van der Waals surface area contributed by atoms with Crippen LogP contribution in [0.1, 0.15) is 22.2 Å². The standard InChI is InChI=1S/C15H16N4O2S/c1-15(21,13-4-3-7-22-13)9-16-14(20)10-5-6-12-11(8-10)17-18-19(12)2/h3-8,21H,9H2,1-2H3,(H,16,20). The van der Waals surface area contributed by atoms with Crippen molar-refractivity contribution >= 4 is 28.3 Å². The largest absolute Gasteiger partial charge is 0.383 e. The molecule has 114 valence electrons. The zero-order chi connectivity index (χ0) is 15.7. The van der Waals surface area contributed by atoms with Crippen molar-refractivity contribution in [1.29, 1.82) is 0 Å². The Morgan fingerprint density at radius 1 is 1.45 bits per heavy atom. The van der Waals surface area contributed by atoms with Crippen LogP contribution >= 0.6 is 11.3 Å². The summed E-state index contributed by atoms with van der Waals surface area (Å²) in [6, 6.07) is 8.95. The van der Waals surface area contributed by atoms with Gasteiger partial charge in [0.05, 0.1) is 12.1 Å². The molecule has 22 heavy (non-hydrogen) atoms. The van der Waals surface area contributed by atoms with E-state index in [1.165, 1.54) is 11.3 Å². The molecule has 7 heteroatoms. The van der Waals surface area contributed by atoms with Gasteiger partial charge in [0.1, 0.15) is 11.1 Å². The molecule has 0 saturated heterocycles. The molecule has 0 aliphatic rings. The molecule has 2 heterocycles. The molecule has 0 spiro atoms. The van der Waals surface area contributed by atoms with Crippen LogP contribution in [0, 0.1) is 0 Å². The van der Waals surface area contributed by atoms with Crippen LogP contribution in [0.15, 0.2) is 35.7 Å². The Bertz CT molecular complexity index is 808. The minimum Gasteiger partial charge on any atom is -0.383 e. The third-order valence-electron chi connectivity index (χ3n) is 3.52. The third-order valence-corrected chi connectivity index (χ3v) is 4.64. The number of rotatable bonds is 4. The SMILES string of the molecule is Cn1nnc2cc(C(=O)NCC(C)(O)c3cccs3)ccc21. The summed E-state index contributed by atoms with van der Waals surface area (Å²) in [5.41, 5.74) is 0.942. The van der Waals surface area contributed by atoms with E-state index in [0.29, 0.717) is 11.1 Å².